The highest BCUT2D eigenvalue weighted by Gasteiger charge is 2.26. The smallest absolute Gasteiger partial charge is 0.253 e. The molecule has 1 aromatic heterocycles. The molecule has 1 unspecified atom stereocenters. The molecule has 0 spiro atoms. The molecule has 2 rings (SSSR count). The van der Waals surface area contributed by atoms with Gasteiger partial charge in [0.15, 0.2) is 5.82 Å². The Labute approximate surface area is 121 Å². The molecule has 1 aromatic rings. The first-order chi connectivity index (χ1) is 9.51. The maximum absolute atomic E-state index is 12.0. The highest BCUT2D eigenvalue weighted by molar-refractivity contribution is 6.33. The van der Waals surface area contributed by atoms with Gasteiger partial charge in [-0.2, -0.15) is 0 Å². The SMILES string of the molecule is CC(NC(=O)c1cnc(NN)c(Cl)c1)C(=O)NC1CC1. The number of pyridine rings is 1. The fraction of sp³-hybridized carbons (Fsp3) is 0.417. The summed E-state index contributed by atoms with van der Waals surface area (Å²) in [5, 5.41) is 5.64. The molecular weight excluding hydrogens is 282 g/mol. The van der Waals surface area contributed by atoms with E-state index in [1.54, 1.807) is 6.92 Å². The zero-order valence-corrected chi connectivity index (χ0v) is 11.7. The Morgan fingerprint density at radius 1 is 1.50 bits per heavy atom. The number of rotatable bonds is 5. The van der Waals surface area contributed by atoms with Crippen molar-refractivity contribution in [2.75, 3.05) is 5.43 Å². The van der Waals surface area contributed by atoms with Crippen LogP contribution in [0.4, 0.5) is 5.82 Å². The molecule has 8 heteroatoms. The van der Waals surface area contributed by atoms with E-state index in [0.717, 1.165) is 12.8 Å². The molecule has 1 saturated carbocycles. The standard InChI is InChI=1S/C12H16ClN5O2/c1-6(11(19)17-8-2-3-8)16-12(20)7-4-9(13)10(18-14)15-5-7/h4-6,8H,2-3,14H2,1H3,(H,15,18)(H,16,20)(H,17,19). The van der Waals surface area contributed by atoms with Crippen LogP contribution in [-0.2, 0) is 4.79 Å². The van der Waals surface area contributed by atoms with Crippen LogP contribution in [0.15, 0.2) is 12.3 Å². The Morgan fingerprint density at radius 2 is 2.20 bits per heavy atom. The maximum Gasteiger partial charge on any atom is 0.253 e. The summed E-state index contributed by atoms with van der Waals surface area (Å²) in [6, 6.07) is 1.08. The van der Waals surface area contributed by atoms with Crippen molar-refractivity contribution in [3.8, 4) is 0 Å². The lowest BCUT2D eigenvalue weighted by Crippen LogP contribution is -2.45. The van der Waals surface area contributed by atoms with E-state index in [-0.39, 0.29) is 28.4 Å². The van der Waals surface area contributed by atoms with E-state index in [1.807, 2.05) is 0 Å². The second-order valence-corrected chi connectivity index (χ2v) is 5.08. The number of halogens is 1. The molecule has 1 aliphatic carbocycles. The summed E-state index contributed by atoms with van der Waals surface area (Å²) in [6.45, 7) is 1.63. The predicted molar refractivity (Wildman–Crippen MR) is 75.2 cm³/mol. The lowest BCUT2D eigenvalue weighted by Gasteiger charge is -2.14. The predicted octanol–water partition coefficient (Wildman–Crippen LogP) is 0.418. The molecule has 0 aliphatic heterocycles. The summed E-state index contributed by atoms with van der Waals surface area (Å²) in [5.41, 5.74) is 2.57. The molecule has 0 aromatic carbocycles. The highest BCUT2D eigenvalue weighted by atomic mass is 35.5. The molecule has 1 fully saturated rings. The Kier molecular flexibility index (Phi) is 4.41. The van der Waals surface area contributed by atoms with Crippen molar-refractivity contribution in [1.82, 2.24) is 15.6 Å². The van der Waals surface area contributed by atoms with Crippen LogP contribution in [0.2, 0.25) is 5.02 Å². The summed E-state index contributed by atoms with van der Waals surface area (Å²) < 4.78 is 0. The molecule has 1 aliphatic rings. The van der Waals surface area contributed by atoms with Gasteiger partial charge in [-0.25, -0.2) is 10.8 Å². The Hall–Kier alpha value is -1.86. The third-order valence-electron chi connectivity index (χ3n) is 2.90. The lowest BCUT2D eigenvalue weighted by atomic mass is 10.2. The zero-order chi connectivity index (χ0) is 14.7. The summed E-state index contributed by atoms with van der Waals surface area (Å²) >= 11 is 5.89. The first kappa shape index (κ1) is 14.5. The van der Waals surface area contributed by atoms with Crippen molar-refractivity contribution in [1.29, 1.82) is 0 Å². The summed E-state index contributed by atoms with van der Waals surface area (Å²) in [7, 11) is 0. The Balaban J connectivity index is 1.96. The van der Waals surface area contributed by atoms with Gasteiger partial charge in [-0.1, -0.05) is 11.6 Å². The number of hydrogen-bond donors (Lipinski definition) is 4. The van der Waals surface area contributed by atoms with E-state index in [4.69, 9.17) is 17.4 Å². The van der Waals surface area contributed by atoms with Crippen molar-refractivity contribution in [3.63, 3.8) is 0 Å². The maximum atomic E-state index is 12.0. The minimum atomic E-state index is -0.616. The van der Waals surface area contributed by atoms with Crippen LogP contribution in [0.3, 0.4) is 0 Å². The van der Waals surface area contributed by atoms with Crippen molar-refractivity contribution in [3.05, 3.63) is 22.8 Å². The van der Waals surface area contributed by atoms with Crippen molar-refractivity contribution in [2.45, 2.75) is 31.8 Å². The van der Waals surface area contributed by atoms with Gasteiger partial charge in [0.2, 0.25) is 5.91 Å². The minimum absolute atomic E-state index is 0.194. The van der Waals surface area contributed by atoms with E-state index < -0.39 is 11.9 Å². The average Bonchev–Trinajstić information content (AvgIpc) is 3.22. The molecule has 108 valence electrons. The number of nitrogens with two attached hydrogens (primary N) is 1. The third-order valence-corrected chi connectivity index (χ3v) is 3.19. The van der Waals surface area contributed by atoms with Crippen molar-refractivity contribution >= 4 is 29.2 Å². The van der Waals surface area contributed by atoms with Gasteiger partial charge in [0.05, 0.1) is 10.6 Å². The van der Waals surface area contributed by atoms with Crippen molar-refractivity contribution in [2.24, 2.45) is 5.84 Å². The van der Waals surface area contributed by atoms with Gasteiger partial charge >= 0.3 is 0 Å². The van der Waals surface area contributed by atoms with E-state index in [9.17, 15) is 9.59 Å². The van der Waals surface area contributed by atoms with Crippen LogP contribution in [0.1, 0.15) is 30.1 Å². The van der Waals surface area contributed by atoms with Crippen LogP contribution in [0.5, 0.6) is 0 Å². The first-order valence-electron chi connectivity index (χ1n) is 6.24. The summed E-state index contributed by atoms with van der Waals surface area (Å²) in [6.07, 6.45) is 3.33. The van der Waals surface area contributed by atoms with Crippen LogP contribution in [0, 0.1) is 0 Å². The van der Waals surface area contributed by atoms with E-state index >= 15 is 0 Å². The first-order valence-corrected chi connectivity index (χ1v) is 6.62. The van der Waals surface area contributed by atoms with Gasteiger partial charge < -0.3 is 16.1 Å². The number of carbonyl (C=O) groups excluding carboxylic acids is 2. The monoisotopic (exact) mass is 297 g/mol. The largest absolute Gasteiger partial charge is 0.352 e. The Bertz CT molecular complexity index is 533. The van der Waals surface area contributed by atoms with E-state index in [2.05, 4.69) is 21.0 Å². The lowest BCUT2D eigenvalue weighted by molar-refractivity contribution is -0.122. The van der Waals surface area contributed by atoms with Gasteiger partial charge in [0, 0.05) is 12.2 Å². The third kappa shape index (κ3) is 3.58. The van der Waals surface area contributed by atoms with Gasteiger partial charge in [-0.3, -0.25) is 9.59 Å². The molecule has 0 saturated heterocycles. The summed E-state index contributed by atoms with van der Waals surface area (Å²) in [5.74, 6) is 4.87. The number of nitrogens with one attached hydrogen (secondary N) is 3. The quantitative estimate of drug-likeness (QED) is 0.465. The average molecular weight is 298 g/mol. The van der Waals surface area contributed by atoms with Gasteiger partial charge in [-0.05, 0) is 25.8 Å². The molecule has 7 nitrogen and oxygen atoms in total. The number of hydrogen-bond acceptors (Lipinski definition) is 5. The van der Waals surface area contributed by atoms with Crippen LogP contribution in [0.25, 0.3) is 0 Å². The zero-order valence-electron chi connectivity index (χ0n) is 10.9. The Morgan fingerprint density at radius 3 is 2.75 bits per heavy atom. The number of nitrogens with zero attached hydrogens (tertiary/aromatic N) is 1. The number of anilines is 1. The second kappa shape index (κ2) is 6.06. The second-order valence-electron chi connectivity index (χ2n) is 4.68. The fourth-order valence-corrected chi connectivity index (χ4v) is 1.79. The molecule has 0 radical (unpaired) electrons. The van der Waals surface area contributed by atoms with Crippen LogP contribution < -0.4 is 21.9 Å². The fourth-order valence-electron chi connectivity index (χ4n) is 1.57. The molecule has 20 heavy (non-hydrogen) atoms. The van der Waals surface area contributed by atoms with E-state index in [1.165, 1.54) is 12.3 Å². The number of amides is 2. The molecule has 1 heterocycles. The molecule has 1 atom stereocenters. The van der Waals surface area contributed by atoms with Gasteiger partial charge in [-0.15, -0.1) is 0 Å². The molecular formula is C12H16ClN5O2. The number of aromatic nitrogens is 1. The normalized spacial score (nSPS) is 15.3. The highest BCUT2D eigenvalue weighted by Crippen LogP contribution is 2.19. The van der Waals surface area contributed by atoms with Crippen LogP contribution in [-0.4, -0.2) is 28.9 Å². The van der Waals surface area contributed by atoms with E-state index in [0.29, 0.717) is 0 Å². The number of hydrazine groups is 1. The topological polar surface area (TPSA) is 109 Å². The molecule has 5 N–H and O–H groups in total. The molecule has 2 amide bonds. The summed E-state index contributed by atoms with van der Waals surface area (Å²) in [4.78, 5) is 27.6. The van der Waals surface area contributed by atoms with Gasteiger partial charge in [0.1, 0.15) is 6.04 Å². The number of nitrogen functional groups attached to an aromatic ring is 1. The molecule has 0 bridgehead atoms. The van der Waals surface area contributed by atoms with Gasteiger partial charge in [0.25, 0.3) is 5.91 Å². The van der Waals surface area contributed by atoms with Crippen LogP contribution >= 0.6 is 11.6 Å². The van der Waals surface area contributed by atoms with Crippen molar-refractivity contribution < 1.29 is 9.59 Å². The number of carbonyl (C=O) groups is 2. The minimum Gasteiger partial charge on any atom is -0.352 e.